The summed E-state index contributed by atoms with van der Waals surface area (Å²) in [5.41, 5.74) is 3.49. The molecule has 28 heavy (non-hydrogen) atoms. The third-order valence-corrected chi connectivity index (χ3v) is 4.87. The lowest BCUT2D eigenvalue weighted by atomic mass is 10.1. The number of hydrogen-bond acceptors (Lipinski definition) is 5. The van der Waals surface area contributed by atoms with E-state index in [-0.39, 0.29) is 24.8 Å². The number of piperazine rings is 1. The Hall–Kier alpha value is -1.39. The van der Waals surface area contributed by atoms with E-state index in [2.05, 4.69) is 15.6 Å². The molecule has 2 heterocycles. The summed E-state index contributed by atoms with van der Waals surface area (Å²) in [5.74, 6) is -0.522. The van der Waals surface area contributed by atoms with Crippen LogP contribution in [0.15, 0.2) is 35.2 Å². The first-order chi connectivity index (χ1) is 12.4. The van der Waals surface area contributed by atoms with Crippen LogP contribution in [0.25, 0.3) is 11.3 Å². The number of nitrogens with one attached hydrogen (secondary N) is 2. The van der Waals surface area contributed by atoms with E-state index in [1.54, 1.807) is 23.7 Å². The molecule has 5 nitrogen and oxygen atoms in total. The van der Waals surface area contributed by atoms with Crippen molar-refractivity contribution in [1.29, 1.82) is 0 Å². The quantitative estimate of drug-likeness (QED) is 0.724. The smallest absolute Gasteiger partial charge is 0.350 e. The normalized spacial score (nSPS) is 15.8. The van der Waals surface area contributed by atoms with Crippen molar-refractivity contribution in [2.45, 2.75) is 12.2 Å². The Labute approximate surface area is 177 Å². The van der Waals surface area contributed by atoms with Gasteiger partial charge in [0.25, 0.3) is 5.91 Å². The van der Waals surface area contributed by atoms with Crippen LogP contribution in [-0.2, 0) is 0 Å². The molecule has 2 N–H and O–H groups in total. The molecule has 1 atom stereocenters. The minimum Gasteiger partial charge on any atom is -0.350 e. The SMILES string of the molecule is Cl.Cl.O=C(NCC(N1CCNCC1)C(F)(F)F)c1cccc(-c2cscn2)c1. The van der Waals surface area contributed by atoms with Crippen LogP contribution in [0.1, 0.15) is 10.4 Å². The topological polar surface area (TPSA) is 57.3 Å². The first-order valence-corrected chi connectivity index (χ1v) is 9.18. The molecule has 1 unspecified atom stereocenters. The van der Waals surface area contributed by atoms with Crippen LogP contribution in [0.2, 0.25) is 0 Å². The van der Waals surface area contributed by atoms with Crippen molar-refractivity contribution in [2.75, 3.05) is 32.7 Å². The van der Waals surface area contributed by atoms with Gasteiger partial charge in [0.1, 0.15) is 6.04 Å². The zero-order valence-corrected chi connectivity index (χ0v) is 17.2. The molecule has 1 saturated heterocycles. The van der Waals surface area contributed by atoms with Crippen LogP contribution in [0.4, 0.5) is 13.2 Å². The highest BCUT2D eigenvalue weighted by molar-refractivity contribution is 7.07. The molecular formula is C17H21Cl2F3N4OS. The molecule has 3 rings (SSSR count). The van der Waals surface area contributed by atoms with E-state index in [9.17, 15) is 18.0 Å². The van der Waals surface area contributed by atoms with Crippen molar-refractivity contribution in [1.82, 2.24) is 20.5 Å². The summed E-state index contributed by atoms with van der Waals surface area (Å²) in [4.78, 5) is 17.9. The lowest BCUT2D eigenvalue weighted by Gasteiger charge is -2.35. The zero-order chi connectivity index (χ0) is 18.6. The summed E-state index contributed by atoms with van der Waals surface area (Å²) in [6.45, 7) is 1.16. The molecule has 0 bridgehead atoms. The van der Waals surface area contributed by atoms with Crippen molar-refractivity contribution < 1.29 is 18.0 Å². The van der Waals surface area contributed by atoms with E-state index < -0.39 is 24.7 Å². The number of rotatable bonds is 5. The van der Waals surface area contributed by atoms with Gasteiger partial charge in [-0.3, -0.25) is 9.69 Å². The number of benzene rings is 1. The Kier molecular flexibility index (Phi) is 9.65. The van der Waals surface area contributed by atoms with Gasteiger partial charge in [-0.05, 0) is 12.1 Å². The minimum atomic E-state index is -4.40. The fraction of sp³-hybridized carbons (Fsp3) is 0.412. The minimum absolute atomic E-state index is 0. The summed E-state index contributed by atoms with van der Waals surface area (Å²) in [6.07, 6.45) is -4.40. The molecule has 0 radical (unpaired) electrons. The average molecular weight is 457 g/mol. The Bertz CT molecular complexity index is 740. The summed E-state index contributed by atoms with van der Waals surface area (Å²) in [5, 5.41) is 7.31. The molecule has 156 valence electrons. The maximum atomic E-state index is 13.4. The number of aromatic nitrogens is 1. The molecule has 1 aromatic heterocycles. The molecule has 2 aromatic rings. The third-order valence-electron chi connectivity index (χ3n) is 4.28. The lowest BCUT2D eigenvalue weighted by molar-refractivity contribution is -0.183. The van der Waals surface area contributed by atoms with Gasteiger partial charge in [-0.15, -0.1) is 36.2 Å². The lowest BCUT2D eigenvalue weighted by Crippen LogP contribution is -2.57. The van der Waals surface area contributed by atoms with Crippen LogP contribution in [0, 0.1) is 0 Å². The molecule has 11 heteroatoms. The van der Waals surface area contributed by atoms with Crippen molar-refractivity contribution in [3.63, 3.8) is 0 Å². The number of alkyl halides is 3. The fourth-order valence-electron chi connectivity index (χ4n) is 2.91. The van der Waals surface area contributed by atoms with Crippen molar-refractivity contribution in [2.24, 2.45) is 0 Å². The van der Waals surface area contributed by atoms with Gasteiger partial charge in [0, 0.05) is 49.2 Å². The predicted octanol–water partition coefficient (Wildman–Crippen LogP) is 3.22. The number of nitrogens with zero attached hydrogens (tertiary/aromatic N) is 2. The first kappa shape index (κ1) is 24.6. The van der Waals surface area contributed by atoms with Crippen molar-refractivity contribution in [3.05, 3.63) is 40.7 Å². The van der Waals surface area contributed by atoms with Gasteiger partial charge in [0.15, 0.2) is 0 Å². The summed E-state index contributed by atoms with van der Waals surface area (Å²) < 4.78 is 40.2. The number of carbonyl (C=O) groups is 1. The molecule has 1 fully saturated rings. The molecule has 1 aliphatic rings. The van der Waals surface area contributed by atoms with Crippen molar-refractivity contribution >= 4 is 42.1 Å². The zero-order valence-electron chi connectivity index (χ0n) is 14.7. The van der Waals surface area contributed by atoms with Gasteiger partial charge in [-0.1, -0.05) is 12.1 Å². The highest BCUT2D eigenvalue weighted by Crippen LogP contribution is 2.25. The number of amides is 1. The number of hydrogen-bond donors (Lipinski definition) is 2. The van der Waals surface area contributed by atoms with E-state index >= 15 is 0 Å². The second-order valence-corrected chi connectivity index (χ2v) is 6.73. The van der Waals surface area contributed by atoms with E-state index in [0.717, 1.165) is 11.3 Å². The number of halogens is 5. The molecule has 0 spiro atoms. The molecule has 1 aromatic carbocycles. The molecule has 0 saturated carbocycles. The average Bonchev–Trinajstić information content (AvgIpc) is 3.16. The fourth-order valence-corrected chi connectivity index (χ4v) is 3.47. The molecule has 1 aliphatic heterocycles. The van der Waals surface area contributed by atoms with Crippen LogP contribution in [0.3, 0.4) is 0 Å². The van der Waals surface area contributed by atoms with Crippen LogP contribution < -0.4 is 10.6 Å². The van der Waals surface area contributed by atoms with Crippen LogP contribution in [-0.4, -0.2) is 60.7 Å². The Morgan fingerprint density at radius 1 is 1.29 bits per heavy atom. The second-order valence-electron chi connectivity index (χ2n) is 6.01. The van der Waals surface area contributed by atoms with Gasteiger partial charge >= 0.3 is 6.18 Å². The monoisotopic (exact) mass is 456 g/mol. The third kappa shape index (κ3) is 6.31. The molecular weight excluding hydrogens is 436 g/mol. The predicted molar refractivity (Wildman–Crippen MR) is 109 cm³/mol. The standard InChI is InChI=1S/C17H19F3N4OS.2ClH/c18-17(19,20)15(24-6-4-21-5-7-24)9-22-16(25)13-3-1-2-12(8-13)14-10-26-11-23-14;;/h1-3,8,10-11,15,21H,4-7,9H2,(H,22,25);2*1H. The van der Waals surface area contributed by atoms with Crippen LogP contribution >= 0.6 is 36.2 Å². The Morgan fingerprint density at radius 3 is 2.61 bits per heavy atom. The van der Waals surface area contributed by atoms with E-state index in [1.165, 1.54) is 16.2 Å². The van der Waals surface area contributed by atoms with E-state index in [0.29, 0.717) is 31.7 Å². The van der Waals surface area contributed by atoms with Gasteiger partial charge in [-0.25, -0.2) is 4.98 Å². The van der Waals surface area contributed by atoms with Gasteiger partial charge in [0.05, 0.1) is 11.2 Å². The van der Waals surface area contributed by atoms with Gasteiger partial charge in [-0.2, -0.15) is 13.2 Å². The first-order valence-electron chi connectivity index (χ1n) is 8.23. The van der Waals surface area contributed by atoms with Crippen molar-refractivity contribution in [3.8, 4) is 11.3 Å². The van der Waals surface area contributed by atoms with Gasteiger partial charge < -0.3 is 10.6 Å². The second kappa shape index (κ2) is 11.0. The summed E-state index contributed by atoms with van der Waals surface area (Å²) in [7, 11) is 0. The molecule has 1 amide bonds. The Balaban J connectivity index is 0.00000196. The maximum absolute atomic E-state index is 13.4. The van der Waals surface area contributed by atoms with E-state index in [1.807, 2.05) is 11.4 Å². The largest absolute Gasteiger partial charge is 0.405 e. The van der Waals surface area contributed by atoms with Crippen LogP contribution in [0.5, 0.6) is 0 Å². The number of carbonyl (C=O) groups excluding carboxylic acids is 1. The maximum Gasteiger partial charge on any atom is 0.405 e. The Morgan fingerprint density at radius 2 is 2.00 bits per heavy atom. The summed E-state index contributed by atoms with van der Waals surface area (Å²) in [6, 6.07) is 5.04. The highest BCUT2D eigenvalue weighted by Gasteiger charge is 2.43. The molecule has 0 aliphatic carbocycles. The number of thiazole rings is 1. The summed E-state index contributed by atoms with van der Waals surface area (Å²) >= 11 is 1.43. The van der Waals surface area contributed by atoms with E-state index in [4.69, 9.17) is 0 Å². The van der Waals surface area contributed by atoms with Gasteiger partial charge in [0.2, 0.25) is 0 Å². The highest BCUT2D eigenvalue weighted by atomic mass is 35.5.